The molecule has 0 aromatic heterocycles. The van der Waals surface area contributed by atoms with E-state index >= 15 is 0 Å². The zero-order valence-corrected chi connectivity index (χ0v) is 13.8. The van der Waals surface area contributed by atoms with Gasteiger partial charge >= 0.3 is 12.1 Å². The summed E-state index contributed by atoms with van der Waals surface area (Å²) in [6.45, 7) is 0.0840. The quantitative estimate of drug-likeness (QED) is 0.878. The molecule has 8 heteroatoms. The number of carbonyl (C=O) groups is 2. The lowest BCUT2D eigenvalue weighted by molar-refractivity contribution is -0.189. The second-order valence-electron chi connectivity index (χ2n) is 6.15. The molecule has 0 unspecified atom stereocenters. The number of carboxylic acid groups (broad SMARTS) is 1. The molecule has 0 radical (unpaired) electrons. The van der Waals surface area contributed by atoms with Gasteiger partial charge < -0.3 is 14.7 Å². The van der Waals surface area contributed by atoms with Crippen LogP contribution in [-0.2, 0) is 19.7 Å². The largest absolute Gasteiger partial charge is 0.481 e. The second kappa shape index (κ2) is 7.43. The van der Waals surface area contributed by atoms with Gasteiger partial charge in [0.1, 0.15) is 12.7 Å². The number of likely N-dealkylation sites (tertiary alicyclic amines) is 1. The minimum Gasteiger partial charge on any atom is -0.481 e. The maximum Gasteiger partial charge on any atom is 0.411 e. The Kier molecular flexibility index (Phi) is 5.72. The lowest BCUT2D eigenvalue weighted by Gasteiger charge is -2.40. The fraction of sp³-hybridized carbons (Fsp3) is 0.529. The molecule has 1 amide bonds. The van der Waals surface area contributed by atoms with Crippen molar-refractivity contribution >= 4 is 11.9 Å². The van der Waals surface area contributed by atoms with E-state index in [1.54, 1.807) is 30.3 Å². The number of rotatable bonds is 5. The number of halogens is 3. The van der Waals surface area contributed by atoms with E-state index in [9.17, 15) is 27.9 Å². The topological polar surface area (TPSA) is 66.8 Å². The highest BCUT2D eigenvalue weighted by Gasteiger charge is 2.44. The molecule has 1 atom stereocenters. The highest BCUT2D eigenvalue weighted by Crippen LogP contribution is 2.36. The molecule has 0 spiro atoms. The van der Waals surface area contributed by atoms with E-state index in [1.807, 2.05) is 0 Å². The van der Waals surface area contributed by atoms with Crippen molar-refractivity contribution in [3.63, 3.8) is 0 Å². The van der Waals surface area contributed by atoms with Gasteiger partial charge in [-0.25, -0.2) is 0 Å². The van der Waals surface area contributed by atoms with Gasteiger partial charge in [0, 0.05) is 13.1 Å². The van der Waals surface area contributed by atoms with Gasteiger partial charge in [-0.05, 0) is 25.3 Å². The fourth-order valence-electron chi connectivity index (χ4n) is 3.04. The van der Waals surface area contributed by atoms with Crippen LogP contribution >= 0.6 is 0 Å². The number of alkyl halides is 3. The molecule has 1 fully saturated rings. The summed E-state index contributed by atoms with van der Waals surface area (Å²) in [5, 5.41) is 9.70. The molecule has 2 rings (SSSR count). The van der Waals surface area contributed by atoms with E-state index in [0.717, 1.165) is 0 Å². The molecule has 1 saturated heterocycles. The molecule has 0 aliphatic carbocycles. The van der Waals surface area contributed by atoms with Crippen LogP contribution in [0.1, 0.15) is 25.3 Å². The number of carboxylic acids is 1. The van der Waals surface area contributed by atoms with Crippen LogP contribution in [0.15, 0.2) is 30.3 Å². The normalized spacial score (nSPS) is 18.6. The molecule has 1 N–H and O–H groups in total. The minimum atomic E-state index is -4.50. The van der Waals surface area contributed by atoms with E-state index < -0.39 is 36.2 Å². The number of carbonyl (C=O) groups excluding carboxylic acids is 1. The zero-order valence-electron chi connectivity index (χ0n) is 13.8. The van der Waals surface area contributed by atoms with Crippen LogP contribution in [0.4, 0.5) is 13.2 Å². The van der Waals surface area contributed by atoms with Crippen molar-refractivity contribution in [1.29, 1.82) is 0 Å². The van der Waals surface area contributed by atoms with Gasteiger partial charge in [0.25, 0.3) is 5.91 Å². The van der Waals surface area contributed by atoms with Crippen LogP contribution in [0.3, 0.4) is 0 Å². The van der Waals surface area contributed by atoms with Crippen LogP contribution in [0.5, 0.6) is 0 Å². The number of ether oxygens (including phenoxy) is 1. The van der Waals surface area contributed by atoms with Crippen LogP contribution in [0, 0.1) is 0 Å². The molecular formula is C17H20F3NO4. The number of piperidine rings is 1. The molecule has 1 aliphatic rings. The number of nitrogens with zero attached hydrogens (tertiary/aromatic N) is 1. The van der Waals surface area contributed by atoms with Gasteiger partial charge in [0.15, 0.2) is 0 Å². The Morgan fingerprint density at radius 1 is 1.24 bits per heavy atom. The highest BCUT2D eigenvalue weighted by molar-refractivity contribution is 5.84. The van der Waals surface area contributed by atoms with Crippen molar-refractivity contribution in [2.45, 2.75) is 37.5 Å². The molecule has 1 aliphatic heterocycles. The van der Waals surface area contributed by atoms with E-state index in [0.29, 0.717) is 5.56 Å². The van der Waals surface area contributed by atoms with Crippen molar-refractivity contribution < 1.29 is 32.6 Å². The van der Waals surface area contributed by atoms with Crippen molar-refractivity contribution in [1.82, 2.24) is 4.90 Å². The van der Waals surface area contributed by atoms with Crippen molar-refractivity contribution in [3.8, 4) is 0 Å². The summed E-state index contributed by atoms with van der Waals surface area (Å²) < 4.78 is 41.1. The average Bonchev–Trinajstić information content (AvgIpc) is 2.59. The van der Waals surface area contributed by atoms with E-state index in [-0.39, 0.29) is 25.9 Å². The molecule has 5 nitrogen and oxygen atoms in total. The lowest BCUT2D eigenvalue weighted by Crippen LogP contribution is -2.51. The van der Waals surface area contributed by atoms with Gasteiger partial charge in [-0.1, -0.05) is 30.3 Å². The Hall–Kier alpha value is -2.09. The maximum absolute atomic E-state index is 12.2. The highest BCUT2D eigenvalue weighted by atomic mass is 19.4. The summed E-state index contributed by atoms with van der Waals surface area (Å²) >= 11 is 0. The van der Waals surface area contributed by atoms with E-state index in [1.165, 1.54) is 11.8 Å². The van der Waals surface area contributed by atoms with Gasteiger partial charge in [0.2, 0.25) is 0 Å². The van der Waals surface area contributed by atoms with Crippen molar-refractivity contribution in [3.05, 3.63) is 35.9 Å². The Morgan fingerprint density at radius 3 is 2.28 bits per heavy atom. The summed E-state index contributed by atoms with van der Waals surface area (Å²) in [6.07, 6.45) is -5.33. The molecule has 1 aromatic carbocycles. The third-order valence-electron chi connectivity index (χ3n) is 4.51. The molecule has 1 aromatic rings. The summed E-state index contributed by atoms with van der Waals surface area (Å²) in [5.74, 6) is -1.52. The number of benzene rings is 1. The molecule has 0 bridgehead atoms. The monoisotopic (exact) mass is 359 g/mol. The molecule has 138 valence electrons. The van der Waals surface area contributed by atoms with Crippen molar-refractivity contribution in [2.75, 3.05) is 19.7 Å². The first-order chi connectivity index (χ1) is 11.7. The van der Waals surface area contributed by atoms with Crippen LogP contribution in [0.25, 0.3) is 0 Å². The standard InChI is InChI=1S/C17H20F3NO4/c1-12(25-11-17(18,19)20)14(22)21-9-7-16(8-10-21,15(23)24)13-5-3-2-4-6-13/h2-6,12H,7-11H2,1H3,(H,23,24)/t12-/m0/s1. The first-order valence-corrected chi connectivity index (χ1v) is 7.92. The van der Waals surface area contributed by atoms with Crippen LogP contribution < -0.4 is 0 Å². The predicted molar refractivity (Wildman–Crippen MR) is 83.0 cm³/mol. The van der Waals surface area contributed by atoms with Gasteiger partial charge in [-0.3, -0.25) is 9.59 Å². The fourth-order valence-corrected chi connectivity index (χ4v) is 3.04. The number of hydrogen-bond acceptors (Lipinski definition) is 3. The summed E-state index contributed by atoms with van der Waals surface area (Å²) in [4.78, 5) is 25.4. The summed E-state index contributed by atoms with van der Waals surface area (Å²) in [5.41, 5.74) is -0.426. The van der Waals surface area contributed by atoms with Gasteiger partial charge in [-0.15, -0.1) is 0 Å². The van der Waals surface area contributed by atoms with Gasteiger partial charge in [-0.2, -0.15) is 13.2 Å². The third-order valence-corrected chi connectivity index (χ3v) is 4.51. The Morgan fingerprint density at radius 2 is 1.80 bits per heavy atom. The smallest absolute Gasteiger partial charge is 0.411 e. The zero-order chi connectivity index (χ0) is 18.7. The predicted octanol–water partition coefficient (Wildman–Crippen LogP) is 2.60. The van der Waals surface area contributed by atoms with Crippen molar-refractivity contribution in [2.24, 2.45) is 0 Å². The number of hydrogen-bond donors (Lipinski definition) is 1. The van der Waals surface area contributed by atoms with E-state index in [4.69, 9.17) is 0 Å². The Balaban J connectivity index is 2.02. The molecule has 25 heavy (non-hydrogen) atoms. The van der Waals surface area contributed by atoms with E-state index in [2.05, 4.69) is 4.74 Å². The minimum absolute atomic E-state index is 0.153. The summed E-state index contributed by atoms with van der Waals surface area (Å²) in [7, 11) is 0. The van der Waals surface area contributed by atoms with Crippen LogP contribution in [0.2, 0.25) is 0 Å². The molecular weight excluding hydrogens is 339 g/mol. The first-order valence-electron chi connectivity index (χ1n) is 7.92. The first kappa shape index (κ1) is 19.2. The second-order valence-corrected chi connectivity index (χ2v) is 6.15. The third kappa shape index (κ3) is 4.50. The average molecular weight is 359 g/mol. The molecule has 1 heterocycles. The van der Waals surface area contributed by atoms with Gasteiger partial charge in [0.05, 0.1) is 5.41 Å². The number of aliphatic carboxylic acids is 1. The Bertz CT molecular complexity index is 610. The molecule has 0 saturated carbocycles. The summed E-state index contributed by atoms with van der Waals surface area (Å²) in [6, 6.07) is 8.77. The Labute approximate surface area is 143 Å². The van der Waals surface area contributed by atoms with Crippen LogP contribution in [-0.4, -0.2) is 53.9 Å². The SMILES string of the molecule is C[C@H](OCC(F)(F)F)C(=O)N1CCC(C(=O)O)(c2ccccc2)CC1. The maximum atomic E-state index is 12.2. The lowest BCUT2D eigenvalue weighted by atomic mass is 9.73. The number of amides is 1.